The SMILES string of the molecule is CC(C)Oc1ccc(Br)cc1NC(=O)C1CC1C(=O)O. The van der Waals surface area contributed by atoms with E-state index in [4.69, 9.17) is 9.84 Å². The Bertz CT molecular complexity index is 544. The molecular weight excluding hydrogens is 326 g/mol. The largest absolute Gasteiger partial charge is 0.489 e. The van der Waals surface area contributed by atoms with Crippen molar-refractivity contribution in [2.75, 3.05) is 5.32 Å². The molecular formula is C14H16BrNO4. The molecule has 0 aromatic heterocycles. The van der Waals surface area contributed by atoms with Crippen molar-refractivity contribution in [3.63, 3.8) is 0 Å². The lowest BCUT2D eigenvalue weighted by molar-refractivity contribution is -0.139. The molecule has 6 heteroatoms. The number of ether oxygens (including phenoxy) is 1. The fourth-order valence-electron chi connectivity index (χ4n) is 1.94. The first-order valence-electron chi connectivity index (χ1n) is 6.38. The molecule has 0 aliphatic heterocycles. The topological polar surface area (TPSA) is 75.6 Å². The lowest BCUT2D eigenvalue weighted by atomic mass is 10.2. The van der Waals surface area contributed by atoms with Gasteiger partial charge < -0.3 is 15.2 Å². The van der Waals surface area contributed by atoms with Gasteiger partial charge in [0, 0.05) is 4.47 Å². The maximum absolute atomic E-state index is 12.0. The van der Waals surface area contributed by atoms with E-state index in [-0.39, 0.29) is 12.0 Å². The predicted molar refractivity (Wildman–Crippen MR) is 77.8 cm³/mol. The molecule has 108 valence electrons. The van der Waals surface area contributed by atoms with Crippen LogP contribution in [0.3, 0.4) is 0 Å². The number of halogens is 1. The Morgan fingerprint density at radius 3 is 2.65 bits per heavy atom. The molecule has 1 aromatic rings. The molecule has 1 aliphatic carbocycles. The predicted octanol–water partition coefficient (Wildman–Crippen LogP) is 2.90. The molecule has 0 saturated heterocycles. The summed E-state index contributed by atoms with van der Waals surface area (Å²) >= 11 is 3.34. The van der Waals surface area contributed by atoms with E-state index in [1.807, 2.05) is 19.9 Å². The Morgan fingerprint density at radius 2 is 2.10 bits per heavy atom. The van der Waals surface area contributed by atoms with Crippen LogP contribution in [0.2, 0.25) is 0 Å². The molecule has 5 nitrogen and oxygen atoms in total. The lowest BCUT2D eigenvalue weighted by Gasteiger charge is -2.15. The highest BCUT2D eigenvalue weighted by Gasteiger charge is 2.48. The van der Waals surface area contributed by atoms with Gasteiger partial charge >= 0.3 is 5.97 Å². The van der Waals surface area contributed by atoms with Gasteiger partial charge in [-0.2, -0.15) is 0 Å². The number of rotatable bonds is 5. The summed E-state index contributed by atoms with van der Waals surface area (Å²) in [6, 6.07) is 5.33. The van der Waals surface area contributed by atoms with E-state index in [0.717, 1.165) is 4.47 Å². The summed E-state index contributed by atoms with van der Waals surface area (Å²) in [7, 11) is 0. The smallest absolute Gasteiger partial charge is 0.307 e. The van der Waals surface area contributed by atoms with Gasteiger partial charge in [-0.15, -0.1) is 0 Å². The van der Waals surface area contributed by atoms with Crippen molar-refractivity contribution in [2.45, 2.75) is 26.4 Å². The number of hydrogen-bond donors (Lipinski definition) is 2. The third-order valence-electron chi connectivity index (χ3n) is 3.01. The lowest BCUT2D eigenvalue weighted by Crippen LogP contribution is -2.18. The fourth-order valence-corrected chi connectivity index (χ4v) is 2.30. The zero-order valence-electron chi connectivity index (χ0n) is 11.2. The van der Waals surface area contributed by atoms with Crippen molar-refractivity contribution in [3.8, 4) is 5.75 Å². The first-order valence-corrected chi connectivity index (χ1v) is 7.17. The average molecular weight is 342 g/mol. The minimum absolute atomic E-state index is 0.0143. The molecule has 0 radical (unpaired) electrons. The monoisotopic (exact) mass is 341 g/mol. The Morgan fingerprint density at radius 1 is 1.40 bits per heavy atom. The van der Waals surface area contributed by atoms with E-state index in [2.05, 4.69) is 21.2 Å². The third-order valence-corrected chi connectivity index (χ3v) is 3.50. The molecule has 0 bridgehead atoms. The number of anilines is 1. The number of carboxylic acid groups (broad SMARTS) is 1. The van der Waals surface area contributed by atoms with Gasteiger partial charge in [-0.25, -0.2) is 0 Å². The van der Waals surface area contributed by atoms with E-state index in [1.165, 1.54) is 0 Å². The van der Waals surface area contributed by atoms with Gasteiger partial charge in [-0.05, 0) is 38.5 Å². The summed E-state index contributed by atoms with van der Waals surface area (Å²) in [5, 5.41) is 11.6. The second-order valence-electron chi connectivity index (χ2n) is 5.08. The number of benzene rings is 1. The van der Waals surface area contributed by atoms with Gasteiger partial charge in [-0.3, -0.25) is 9.59 Å². The number of carbonyl (C=O) groups is 2. The second kappa shape index (κ2) is 5.83. The van der Waals surface area contributed by atoms with Crippen LogP contribution in [0.1, 0.15) is 20.3 Å². The average Bonchev–Trinajstić information content (AvgIpc) is 3.12. The quantitative estimate of drug-likeness (QED) is 0.863. The van der Waals surface area contributed by atoms with Crippen LogP contribution >= 0.6 is 15.9 Å². The first-order chi connectivity index (χ1) is 9.38. The highest BCUT2D eigenvalue weighted by molar-refractivity contribution is 9.10. The number of hydrogen-bond acceptors (Lipinski definition) is 3. The summed E-state index contributed by atoms with van der Waals surface area (Å²) in [5.41, 5.74) is 0.550. The van der Waals surface area contributed by atoms with E-state index in [9.17, 15) is 9.59 Å². The third kappa shape index (κ3) is 3.50. The molecule has 1 fully saturated rings. The summed E-state index contributed by atoms with van der Waals surface area (Å²) in [5.74, 6) is -1.62. The molecule has 1 amide bonds. The van der Waals surface area contributed by atoms with Crippen LogP contribution in [0.25, 0.3) is 0 Å². The van der Waals surface area contributed by atoms with Gasteiger partial charge in [0.2, 0.25) is 5.91 Å². The Hall–Kier alpha value is -1.56. The number of nitrogens with one attached hydrogen (secondary N) is 1. The van der Waals surface area contributed by atoms with Crippen LogP contribution in [0.15, 0.2) is 22.7 Å². The van der Waals surface area contributed by atoms with E-state index in [1.54, 1.807) is 12.1 Å². The van der Waals surface area contributed by atoms with Crippen molar-refractivity contribution < 1.29 is 19.4 Å². The van der Waals surface area contributed by atoms with Gasteiger partial charge in [0.15, 0.2) is 0 Å². The first kappa shape index (κ1) is 14.8. The van der Waals surface area contributed by atoms with Crippen molar-refractivity contribution in [2.24, 2.45) is 11.8 Å². The molecule has 1 aliphatic rings. The molecule has 1 saturated carbocycles. The van der Waals surface area contributed by atoms with Gasteiger partial charge in [0.1, 0.15) is 5.75 Å². The standard InChI is InChI=1S/C14H16BrNO4/c1-7(2)20-12-4-3-8(15)5-11(12)16-13(17)9-6-10(9)14(18)19/h3-5,7,9-10H,6H2,1-2H3,(H,16,17)(H,18,19). The van der Waals surface area contributed by atoms with E-state index >= 15 is 0 Å². The zero-order valence-corrected chi connectivity index (χ0v) is 12.8. The molecule has 0 spiro atoms. The number of amides is 1. The van der Waals surface area contributed by atoms with Crippen LogP contribution in [0.5, 0.6) is 5.75 Å². The molecule has 20 heavy (non-hydrogen) atoms. The van der Waals surface area contributed by atoms with Gasteiger partial charge in [-0.1, -0.05) is 15.9 Å². The molecule has 2 rings (SSSR count). The second-order valence-corrected chi connectivity index (χ2v) is 6.00. The minimum atomic E-state index is -0.918. The maximum atomic E-state index is 12.0. The Labute approximate surface area is 125 Å². The van der Waals surface area contributed by atoms with Gasteiger partial charge in [0.25, 0.3) is 0 Å². The highest BCUT2D eigenvalue weighted by atomic mass is 79.9. The van der Waals surface area contributed by atoms with Crippen LogP contribution in [-0.2, 0) is 9.59 Å². The summed E-state index contributed by atoms with van der Waals surface area (Å²) in [6.45, 7) is 3.80. The van der Waals surface area contributed by atoms with Crippen LogP contribution in [0, 0.1) is 11.8 Å². The van der Waals surface area contributed by atoms with Crippen molar-refractivity contribution in [1.29, 1.82) is 0 Å². The van der Waals surface area contributed by atoms with Crippen molar-refractivity contribution >= 4 is 33.5 Å². The molecule has 2 N–H and O–H groups in total. The normalized spacial score (nSPS) is 20.6. The molecule has 2 unspecified atom stereocenters. The maximum Gasteiger partial charge on any atom is 0.307 e. The van der Waals surface area contributed by atoms with E-state index in [0.29, 0.717) is 17.9 Å². The van der Waals surface area contributed by atoms with Crippen LogP contribution in [0.4, 0.5) is 5.69 Å². The van der Waals surface area contributed by atoms with Crippen molar-refractivity contribution in [3.05, 3.63) is 22.7 Å². The zero-order chi connectivity index (χ0) is 14.9. The number of carbonyl (C=O) groups excluding carboxylic acids is 1. The summed E-state index contributed by atoms with van der Waals surface area (Å²) in [6.07, 6.45) is 0.384. The van der Waals surface area contributed by atoms with Crippen LogP contribution in [-0.4, -0.2) is 23.1 Å². The highest BCUT2D eigenvalue weighted by Crippen LogP contribution is 2.40. The fraction of sp³-hybridized carbons (Fsp3) is 0.429. The minimum Gasteiger partial charge on any atom is -0.489 e. The molecule has 1 aromatic carbocycles. The molecule has 2 atom stereocenters. The molecule has 0 heterocycles. The Kier molecular flexibility index (Phi) is 4.32. The summed E-state index contributed by atoms with van der Waals surface area (Å²) < 4.78 is 6.44. The summed E-state index contributed by atoms with van der Waals surface area (Å²) in [4.78, 5) is 22.8. The van der Waals surface area contributed by atoms with Crippen LogP contribution < -0.4 is 10.1 Å². The van der Waals surface area contributed by atoms with Gasteiger partial charge in [0.05, 0.1) is 23.6 Å². The number of carboxylic acids is 1. The van der Waals surface area contributed by atoms with Crippen molar-refractivity contribution in [1.82, 2.24) is 0 Å². The van der Waals surface area contributed by atoms with E-state index < -0.39 is 17.8 Å². The number of aliphatic carboxylic acids is 1. The Balaban J connectivity index is 2.10.